The van der Waals surface area contributed by atoms with Crippen molar-refractivity contribution in [2.45, 2.75) is 64.7 Å². The van der Waals surface area contributed by atoms with E-state index in [1.807, 2.05) is 0 Å². The van der Waals surface area contributed by atoms with Crippen molar-refractivity contribution in [1.82, 2.24) is 5.32 Å². The molecular formula is C19H29NO3. The molecule has 1 amide bonds. The average molecular weight is 319 g/mol. The number of benzene rings is 1. The third-order valence-corrected chi connectivity index (χ3v) is 3.91. The van der Waals surface area contributed by atoms with Crippen LogP contribution in [0.1, 0.15) is 69.4 Å². The van der Waals surface area contributed by atoms with Gasteiger partial charge in [-0.1, -0.05) is 44.5 Å². The van der Waals surface area contributed by atoms with Gasteiger partial charge < -0.3 is 10.4 Å². The van der Waals surface area contributed by atoms with Gasteiger partial charge in [-0.25, -0.2) is 0 Å². The Bertz CT molecular complexity index is 480. The molecular weight excluding hydrogens is 290 g/mol. The fourth-order valence-electron chi connectivity index (χ4n) is 2.42. The number of hydrogen-bond donors (Lipinski definition) is 2. The molecule has 128 valence electrons. The topological polar surface area (TPSA) is 66.4 Å². The van der Waals surface area contributed by atoms with Crippen molar-refractivity contribution in [1.29, 1.82) is 0 Å². The number of unbranched alkanes of at least 4 members (excludes halogenated alkanes) is 2. The minimum atomic E-state index is -0.754. The van der Waals surface area contributed by atoms with Crippen molar-refractivity contribution in [2.75, 3.05) is 6.54 Å². The Morgan fingerprint density at radius 1 is 1.00 bits per heavy atom. The Morgan fingerprint density at radius 2 is 1.70 bits per heavy atom. The predicted octanol–water partition coefficient (Wildman–Crippen LogP) is 3.89. The first-order valence-corrected chi connectivity index (χ1v) is 8.56. The molecule has 1 aromatic carbocycles. The smallest absolute Gasteiger partial charge is 0.303 e. The molecule has 0 atom stereocenters. The van der Waals surface area contributed by atoms with Gasteiger partial charge in [0.1, 0.15) is 0 Å². The van der Waals surface area contributed by atoms with E-state index in [2.05, 4.69) is 43.4 Å². The summed E-state index contributed by atoms with van der Waals surface area (Å²) in [6, 6.07) is 8.62. The number of carbonyl (C=O) groups excluding carboxylic acids is 1. The largest absolute Gasteiger partial charge is 0.481 e. The second-order valence-electron chi connectivity index (χ2n) is 6.30. The molecule has 0 fully saturated rings. The molecule has 4 heteroatoms. The van der Waals surface area contributed by atoms with Gasteiger partial charge in [0.2, 0.25) is 5.91 Å². The van der Waals surface area contributed by atoms with Crippen LogP contribution in [0.15, 0.2) is 24.3 Å². The third-order valence-electron chi connectivity index (χ3n) is 3.91. The molecule has 0 saturated carbocycles. The van der Waals surface area contributed by atoms with Crippen molar-refractivity contribution in [3.8, 4) is 0 Å². The molecule has 0 bridgehead atoms. The lowest BCUT2D eigenvalue weighted by Crippen LogP contribution is -2.24. The van der Waals surface area contributed by atoms with Crippen molar-refractivity contribution in [3.05, 3.63) is 35.4 Å². The Kier molecular flexibility index (Phi) is 9.03. The highest BCUT2D eigenvalue weighted by molar-refractivity contribution is 5.75. The highest BCUT2D eigenvalue weighted by Crippen LogP contribution is 2.15. The maximum Gasteiger partial charge on any atom is 0.303 e. The molecule has 1 rings (SSSR count). The number of aliphatic carboxylic acids is 1. The summed E-state index contributed by atoms with van der Waals surface area (Å²) in [6.45, 7) is 5.00. The summed E-state index contributed by atoms with van der Waals surface area (Å²) in [6.07, 6.45) is 4.89. The fraction of sp³-hybridized carbons (Fsp3) is 0.579. The van der Waals surface area contributed by atoms with Crippen molar-refractivity contribution in [2.24, 2.45) is 0 Å². The molecule has 0 aromatic heterocycles. The predicted molar refractivity (Wildman–Crippen MR) is 92.6 cm³/mol. The molecule has 0 aliphatic heterocycles. The Morgan fingerprint density at radius 3 is 2.30 bits per heavy atom. The number of nitrogens with one attached hydrogen (secondary N) is 1. The van der Waals surface area contributed by atoms with Crippen LogP contribution >= 0.6 is 0 Å². The number of carboxylic acids is 1. The highest BCUT2D eigenvalue weighted by Gasteiger charge is 2.03. The van der Waals surface area contributed by atoms with Crippen LogP contribution in [0.2, 0.25) is 0 Å². The molecule has 0 radical (unpaired) electrons. The number of aryl methyl sites for hydroxylation is 1. The maximum atomic E-state index is 11.7. The Hall–Kier alpha value is -1.84. The summed E-state index contributed by atoms with van der Waals surface area (Å²) in [7, 11) is 0. The van der Waals surface area contributed by atoms with Gasteiger partial charge in [-0.15, -0.1) is 0 Å². The van der Waals surface area contributed by atoms with Gasteiger partial charge >= 0.3 is 5.97 Å². The summed E-state index contributed by atoms with van der Waals surface area (Å²) >= 11 is 0. The van der Waals surface area contributed by atoms with E-state index >= 15 is 0 Å². The Labute approximate surface area is 139 Å². The van der Waals surface area contributed by atoms with E-state index < -0.39 is 5.97 Å². The van der Waals surface area contributed by atoms with Crippen LogP contribution < -0.4 is 5.32 Å². The zero-order valence-electron chi connectivity index (χ0n) is 14.3. The van der Waals surface area contributed by atoms with Crippen LogP contribution in [0.5, 0.6) is 0 Å². The summed E-state index contributed by atoms with van der Waals surface area (Å²) in [4.78, 5) is 22.1. The van der Waals surface area contributed by atoms with Crippen LogP contribution in [0.25, 0.3) is 0 Å². The standard InChI is InChI=1S/C19H29NO3/c1-15(2)17-12-10-16(11-13-17)7-6-8-18(21)20-14-5-3-4-9-19(22)23/h10-13,15H,3-9,14H2,1-2H3,(H,20,21)(H,22,23). The molecule has 0 unspecified atom stereocenters. The second kappa shape index (κ2) is 10.8. The first-order chi connectivity index (χ1) is 11.0. The van der Waals surface area contributed by atoms with Gasteiger partial charge in [0.05, 0.1) is 0 Å². The zero-order valence-corrected chi connectivity index (χ0v) is 14.3. The van der Waals surface area contributed by atoms with Gasteiger partial charge in [0, 0.05) is 19.4 Å². The monoisotopic (exact) mass is 319 g/mol. The number of amides is 1. The van der Waals surface area contributed by atoms with Gasteiger partial charge in [0.15, 0.2) is 0 Å². The van der Waals surface area contributed by atoms with E-state index in [9.17, 15) is 9.59 Å². The van der Waals surface area contributed by atoms with Crippen LogP contribution in [0.4, 0.5) is 0 Å². The summed E-state index contributed by atoms with van der Waals surface area (Å²) in [5.41, 5.74) is 2.62. The van der Waals surface area contributed by atoms with Gasteiger partial charge in [-0.2, -0.15) is 0 Å². The maximum absolute atomic E-state index is 11.7. The van der Waals surface area contributed by atoms with E-state index in [0.29, 0.717) is 25.3 Å². The molecule has 0 saturated heterocycles. The van der Waals surface area contributed by atoms with Gasteiger partial charge in [-0.05, 0) is 42.7 Å². The lowest BCUT2D eigenvalue weighted by molar-refractivity contribution is -0.137. The summed E-state index contributed by atoms with van der Waals surface area (Å²) in [5, 5.41) is 11.4. The third kappa shape index (κ3) is 9.01. The highest BCUT2D eigenvalue weighted by atomic mass is 16.4. The normalized spacial score (nSPS) is 10.7. The fourth-order valence-corrected chi connectivity index (χ4v) is 2.42. The van der Waals surface area contributed by atoms with Crippen LogP contribution in [-0.2, 0) is 16.0 Å². The summed E-state index contributed by atoms with van der Waals surface area (Å²) in [5.74, 6) is -0.122. The molecule has 1 aromatic rings. The molecule has 0 spiro atoms. The van der Waals surface area contributed by atoms with E-state index in [1.54, 1.807) is 0 Å². The first-order valence-electron chi connectivity index (χ1n) is 8.56. The van der Waals surface area contributed by atoms with Gasteiger partial charge in [-0.3, -0.25) is 9.59 Å². The minimum Gasteiger partial charge on any atom is -0.481 e. The van der Waals surface area contributed by atoms with Crippen molar-refractivity contribution in [3.63, 3.8) is 0 Å². The quantitative estimate of drug-likeness (QED) is 0.608. The molecule has 4 nitrogen and oxygen atoms in total. The SMILES string of the molecule is CC(C)c1ccc(CCCC(=O)NCCCCCC(=O)O)cc1. The minimum absolute atomic E-state index is 0.0852. The first kappa shape index (κ1) is 19.2. The lowest BCUT2D eigenvalue weighted by Gasteiger charge is -2.07. The molecule has 2 N–H and O–H groups in total. The lowest BCUT2D eigenvalue weighted by atomic mass is 10.00. The molecule has 0 aliphatic carbocycles. The van der Waals surface area contributed by atoms with E-state index in [-0.39, 0.29) is 12.3 Å². The van der Waals surface area contributed by atoms with Crippen molar-refractivity contribution < 1.29 is 14.7 Å². The second-order valence-corrected chi connectivity index (χ2v) is 6.30. The van der Waals surface area contributed by atoms with E-state index in [4.69, 9.17) is 5.11 Å². The van der Waals surface area contributed by atoms with E-state index in [1.165, 1.54) is 11.1 Å². The number of hydrogen-bond acceptors (Lipinski definition) is 2. The molecule has 23 heavy (non-hydrogen) atoms. The van der Waals surface area contributed by atoms with Crippen LogP contribution in [-0.4, -0.2) is 23.5 Å². The average Bonchev–Trinajstić information content (AvgIpc) is 2.51. The van der Waals surface area contributed by atoms with Gasteiger partial charge in [0.25, 0.3) is 0 Å². The van der Waals surface area contributed by atoms with Crippen LogP contribution in [0.3, 0.4) is 0 Å². The number of carboxylic acid groups (broad SMARTS) is 1. The zero-order chi connectivity index (χ0) is 17.1. The molecule has 0 heterocycles. The number of rotatable bonds is 11. The van der Waals surface area contributed by atoms with E-state index in [0.717, 1.165) is 25.7 Å². The summed E-state index contributed by atoms with van der Waals surface area (Å²) < 4.78 is 0. The molecule has 0 aliphatic rings. The number of carbonyl (C=O) groups is 2. The van der Waals surface area contributed by atoms with Crippen LogP contribution in [0, 0.1) is 0 Å². The van der Waals surface area contributed by atoms with Crippen molar-refractivity contribution >= 4 is 11.9 Å². The Balaban J connectivity index is 2.08.